The maximum absolute atomic E-state index is 9.37. The topological polar surface area (TPSA) is 35.5 Å². The van der Waals surface area contributed by atoms with E-state index in [4.69, 9.17) is 0 Å². The van der Waals surface area contributed by atoms with Crippen LogP contribution >= 0.6 is 11.9 Å². The molecule has 1 heterocycles. The van der Waals surface area contributed by atoms with Gasteiger partial charge in [0.2, 0.25) is 0 Å². The van der Waals surface area contributed by atoms with E-state index in [9.17, 15) is 5.11 Å². The fourth-order valence-corrected chi connectivity index (χ4v) is 1.80. The van der Waals surface area contributed by atoms with Crippen molar-refractivity contribution in [3.63, 3.8) is 0 Å². The third-order valence-electron chi connectivity index (χ3n) is 1.88. The molecular formula is C6H14N2OS. The van der Waals surface area contributed by atoms with E-state index in [0.717, 1.165) is 13.1 Å². The quantitative estimate of drug-likeness (QED) is 0.538. The van der Waals surface area contributed by atoms with Gasteiger partial charge < -0.3 is 10.4 Å². The lowest BCUT2D eigenvalue weighted by molar-refractivity contribution is 0.164. The first-order chi connectivity index (χ1) is 4.77. The van der Waals surface area contributed by atoms with Gasteiger partial charge in [-0.25, -0.2) is 4.31 Å². The van der Waals surface area contributed by atoms with Crippen molar-refractivity contribution in [2.75, 3.05) is 26.4 Å². The molecule has 1 aliphatic rings. The zero-order valence-electron chi connectivity index (χ0n) is 6.37. The Balaban J connectivity index is 2.36. The van der Waals surface area contributed by atoms with E-state index < -0.39 is 0 Å². The molecule has 4 heteroatoms. The highest BCUT2D eigenvalue weighted by Crippen LogP contribution is 2.16. The SMILES string of the molecule is CNC1CN(SC)CC1O. The summed E-state index contributed by atoms with van der Waals surface area (Å²) in [7, 11) is 1.89. The molecule has 2 atom stereocenters. The summed E-state index contributed by atoms with van der Waals surface area (Å²) in [5.41, 5.74) is 0. The lowest BCUT2D eigenvalue weighted by Crippen LogP contribution is -2.36. The van der Waals surface area contributed by atoms with E-state index in [1.54, 1.807) is 11.9 Å². The molecule has 60 valence electrons. The van der Waals surface area contributed by atoms with Gasteiger partial charge in [0.1, 0.15) is 0 Å². The second kappa shape index (κ2) is 3.57. The van der Waals surface area contributed by atoms with Gasteiger partial charge in [-0.1, -0.05) is 11.9 Å². The summed E-state index contributed by atoms with van der Waals surface area (Å²) in [6, 6.07) is 0.257. The fourth-order valence-electron chi connectivity index (χ4n) is 1.18. The first kappa shape index (κ1) is 8.33. The summed E-state index contributed by atoms with van der Waals surface area (Å²) in [5, 5.41) is 12.4. The second-order valence-corrected chi connectivity index (χ2v) is 3.37. The van der Waals surface area contributed by atoms with E-state index >= 15 is 0 Å². The molecule has 0 bridgehead atoms. The highest BCUT2D eigenvalue weighted by Gasteiger charge is 2.29. The molecule has 0 aromatic carbocycles. The van der Waals surface area contributed by atoms with Crippen LogP contribution in [0.1, 0.15) is 0 Å². The van der Waals surface area contributed by atoms with Gasteiger partial charge in [-0.15, -0.1) is 0 Å². The van der Waals surface area contributed by atoms with Crippen LogP contribution in [0.4, 0.5) is 0 Å². The normalized spacial score (nSPS) is 35.1. The molecule has 2 N–H and O–H groups in total. The Hall–Kier alpha value is 0.230. The molecule has 1 saturated heterocycles. The molecule has 2 unspecified atom stereocenters. The number of hydrogen-bond acceptors (Lipinski definition) is 4. The van der Waals surface area contributed by atoms with Crippen molar-refractivity contribution < 1.29 is 5.11 Å². The summed E-state index contributed by atoms with van der Waals surface area (Å²) in [6.45, 7) is 1.73. The maximum atomic E-state index is 9.37. The van der Waals surface area contributed by atoms with Gasteiger partial charge in [0, 0.05) is 19.1 Å². The minimum absolute atomic E-state index is 0.197. The molecule has 0 saturated carbocycles. The fraction of sp³-hybridized carbons (Fsp3) is 1.00. The van der Waals surface area contributed by atoms with Crippen LogP contribution in [0.3, 0.4) is 0 Å². The average Bonchev–Trinajstić information content (AvgIpc) is 2.30. The van der Waals surface area contributed by atoms with Gasteiger partial charge in [-0.05, 0) is 13.3 Å². The zero-order valence-corrected chi connectivity index (χ0v) is 7.19. The van der Waals surface area contributed by atoms with Crippen molar-refractivity contribution >= 4 is 11.9 Å². The number of hydrogen-bond donors (Lipinski definition) is 2. The second-order valence-electron chi connectivity index (χ2n) is 2.49. The van der Waals surface area contributed by atoms with Crippen LogP contribution in [0.25, 0.3) is 0 Å². The maximum Gasteiger partial charge on any atom is 0.0842 e. The number of aliphatic hydroxyl groups excluding tert-OH is 1. The number of nitrogens with one attached hydrogen (secondary N) is 1. The van der Waals surface area contributed by atoms with Gasteiger partial charge in [-0.3, -0.25) is 0 Å². The molecule has 10 heavy (non-hydrogen) atoms. The smallest absolute Gasteiger partial charge is 0.0842 e. The predicted molar refractivity (Wildman–Crippen MR) is 43.9 cm³/mol. The molecule has 0 aromatic rings. The van der Waals surface area contributed by atoms with Crippen molar-refractivity contribution in [3.05, 3.63) is 0 Å². The van der Waals surface area contributed by atoms with Crippen molar-refractivity contribution in [1.82, 2.24) is 9.62 Å². The molecule has 0 radical (unpaired) electrons. The molecule has 3 nitrogen and oxygen atoms in total. The van der Waals surface area contributed by atoms with Crippen LogP contribution in [0.2, 0.25) is 0 Å². The lowest BCUT2D eigenvalue weighted by atomic mass is 10.2. The molecule has 0 aliphatic carbocycles. The minimum atomic E-state index is -0.197. The van der Waals surface area contributed by atoms with Crippen molar-refractivity contribution in [2.45, 2.75) is 12.1 Å². The van der Waals surface area contributed by atoms with Gasteiger partial charge in [-0.2, -0.15) is 0 Å². The van der Waals surface area contributed by atoms with Crippen LogP contribution in [0, 0.1) is 0 Å². The highest BCUT2D eigenvalue weighted by molar-refractivity contribution is 7.96. The average molecular weight is 162 g/mol. The van der Waals surface area contributed by atoms with Gasteiger partial charge in [0.05, 0.1) is 6.10 Å². The predicted octanol–water partition coefficient (Wildman–Crippen LogP) is -0.471. The van der Waals surface area contributed by atoms with E-state index in [-0.39, 0.29) is 12.1 Å². The molecule has 1 fully saturated rings. The Labute approximate surface area is 65.9 Å². The Kier molecular flexibility index (Phi) is 2.97. The largest absolute Gasteiger partial charge is 0.390 e. The molecule has 1 rings (SSSR count). The Bertz CT molecular complexity index is 112. The minimum Gasteiger partial charge on any atom is -0.390 e. The number of aliphatic hydroxyl groups is 1. The van der Waals surface area contributed by atoms with Crippen LogP contribution in [-0.2, 0) is 0 Å². The summed E-state index contributed by atoms with van der Waals surface area (Å²) in [5.74, 6) is 0. The lowest BCUT2D eigenvalue weighted by Gasteiger charge is -2.10. The summed E-state index contributed by atoms with van der Waals surface area (Å²) in [4.78, 5) is 0. The Morgan fingerprint density at radius 2 is 2.30 bits per heavy atom. The van der Waals surface area contributed by atoms with Crippen molar-refractivity contribution in [3.8, 4) is 0 Å². The summed E-state index contributed by atoms with van der Waals surface area (Å²) in [6.07, 6.45) is 1.84. The molecule has 0 aromatic heterocycles. The van der Waals surface area contributed by atoms with Gasteiger partial charge in [0.15, 0.2) is 0 Å². The molecule has 0 spiro atoms. The van der Waals surface area contributed by atoms with Gasteiger partial charge in [0.25, 0.3) is 0 Å². The van der Waals surface area contributed by atoms with Crippen LogP contribution in [0.15, 0.2) is 0 Å². The van der Waals surface area contributed by atoms with Gasteiger partial charge >= 0.3 is 0 Å². The third-order valence-corrected chi connectivity index (χ3v) is 2.70. The Morgan fingerprint density at radius 3 is 2.60 bits per heavy atom. The number of likely N-dealkylation sites (N-methyl/N-ethyl adjacent to an activating group) is 1. The molecule has 0 amide bonds. The van der Waals surface area contributed by atoms with Crippen LogP contribution in [-0.4, -0.2) is 48.0 Å². The molecule has 1 aliphatic heterocycles. The standard InChI is InChI=1S/C6H14N2OS/c1-7-5-3-8(10-2)4-6(5)9/h5-7,9H,3-4H2,1-2H3. The number of β-amino-alcohol motifs (C(OH)–C–C–N with tert-alkyl or cyclic N) is 1. The number of rotatable bonds is 2. The van der Waals surface area contributed by atoms with E-state index in [1.807, 2.05) is 13.3 Å². The summed E-state index contributed by atoms with van der Waals surface area (Å²) >= 11 is 1.69. The third kappa shape index (κ3) is 1.63. The van der Waals surface area contributed by atoms with Crippen molar-refractivity contribution in [2.24, 2.45) is 0 Å². The van der Waals surface area contributed by atoms with Crippen molar-refractivity contribution in [1.29, 1.82) is 0 Å². The van der Waals surface area contributed by atoms with Crippen LogP contribution < -0.4 is 5.32 Å². The van der Waals surface area contributed by atoms with E-state index in [1.165, 1.54) is 0 Å². The first-order valence-corrected chi connectivity index (χ1v) is 4.60. The van der Waals surface area contributed by atoms with Crippen LogP contribution in [0.5, 0.6) is 0 Å². The zero-order chi connectivity index (χ0) is 7.56. The number of nitrogens with zero attached hydrogens (tertiary/aromatic N) is 1. The highest BCUT2D eigenvalue weighted by atomic mass is 32.2. The first-order valence-electron chi connectivity index (χ1n) is 3.42. The summed E-state index contributed by atoms with van der Waals surface area (Å²) < 4.78 is 2.16. The van der Waals surface area contributed by atoms with E-state index in [2.05, 4.69) is 9.62 Å². The molecular weight excluding hydrogens is 148 g/mol. The van der Waals surface area contributed by atoms with E-state index in [0.29, 0.717) is 0 Å². The Morgan fingerprint density at radius 1 is 1.60 bits per heavy atom. The monoisotopic (exact) mass is 162 g/mol.